The lowest BCUT2D eigenvalue weighted by molar-refractivity contribution is 0.851. The van der Waals surface area contributed by atoms with E-state index in [1.807, 2.05) is 0 Å². The lowest BCUT2D eigenvalue weighted by atomic mass is 10.1. The number of benzene rings is 3. The Labute approximate surface area is 287 Å². The Hall–Kier alpha value is -1.99. The first-order valence-corrected chi connectivity index (χ1v) is 30.1. The van der Waals surface area contributed by atoms with Crippen molar-refractivity contribution in [1.82, 2.24) is 0 Å². The fourth-order valence-corrected chi connectivity index (χ4v) is 21.3. The van der Waals surface area contributed by atoms with Crippen LogP contribution in [0.5, 0.6) is 0 Å². The Morgan fingerprint density at radius 2 is 0.609 bits per heavy atom. The SMILES string of the molecule is CC1=C(C)C(C)C([Si](c2ccc([Si](C)(C)C)c(C)c2C)(c2ccc([Si](C)(C)C)c(C)c2C)c2ccc([Si](C)(C)C)c(C)c2C)=C1C. The molecule has 0 aromatic heterocycles. The van der Waals surface area contributed by atoms with E-state index >= 15 is 0 Å². The van der Waals surface area contributed by atoms with Gasteiger partial charge >= 0.3 is 0 Å². The van der Waals surface area contributed by atoms with Crippen molar-refractivity contribution in [2.75, 3.05) is 0 Å². The van der Waals surface area contributed by atoms with Crippen LogP contribution in [0, 0.1) is 47.5 Å². The summed E-state index contributed by atoms with van der Waals surface area (Å²) in [7, 11) is -7.36. The predicted molar refractivity (Wildman–Crippen MR) is 222 cm³/mol. The van der Waals surface area contributed by atoms with Gasteiger partial charge < -0.3 is 0 Å². The summed E-state index contributed by atoms with van der Waals surface area (Å²) in [4.78, 5) is 0. The van der Waals surface area contributed by atoms with Crippen LogP contribution >= 0.6 is 0 Å². The van der Waals surface area contributed by atoms with Crippen LogP contribution in [0.25, 0.3) is 0 Å². The Bertz CT molecular complexity index is 1610. The molecule has 0 aliphatic heterocycles. The Balaban J connectivity index is 2.39. The van der Waals surface area contributed by atoms with Crippen molar-refractivity contribution in [2.24, 2.45) is 5.92 Å². The summed E-state index contributed by atoms with van der Waals surface area (Å²) in [6.45, 7) is 47.0. The quantitative estimate of drug-likeness (QED) is 0.174. The number of allylic oxidation sites excluding steroid dienone is 4. The standard InChI is InChI=1S/C42H64Si4/c1-26-27(2)35(10)42(34(26)9)46(39-23-20-36(43(11,12)13)28(3)31(39)6,40-24-21-37(44(14,15)16)29(4)32(40)7)41-25-22-38(45(17,18)19)30(5)33(41)8/h20-25,34H,1-19H3. The van der Waals surface area contributed by atoms with Crippen LogP contribution in [-0.2, 0) is 0 Å². The molecule has 1 atom stereocenters. The molecule has 1 aliphatic rings. The first-order chi connectivity index (χ1) is 20.9. The fourth-order valence-electron chi connectivity index (χ4n) is 8.96. The van der Waals surface area contributed by atoms with E-state index in [1.165, 1.54) is 39.0 Å². The van der Waals surface area contributed by atoms with Crippen LogP contribution < -0.4 is 31.1 Å². The first kappa shape index (κ1) is 36.8. The van der Waals surface area contributed by atoms with Crippen molar-refractivity contribution in [3.05, 3.63) is 91.7 Å². The Morgan fingerprint density at radius 3 is 0.826 bits per heavy atom. The molecule has 0 saturated carbocycles. The largest absolute Gasteiger partial charge is 0.177 e. The minimum atomic E-state index is -2.79. The molecule has 0 saturated heterocycles. The van der Waals surface area contributed by atoms with Gasteiger partial charge in [0.15, 0.2) is 8.07 Å². The van der Waals surface area contributed by atoms with Gasteiger partial charge in [-0.15, -0.1) is 0 Å². The summed E-state index contributed by atoms with van der Waals surface area (Å²) < 4.78 is 0. The van der Waals surface area contributed by atoms with Crippen LogP contribution in [0.2, 0.25) is 58.9 Å². The highest BCUT2D eigenvalue weighted by atomic mass is 28.3. The molecule has 248 valence electrons. The minimum absolute atomic E-state index is 0.413. The summed E-state index contributed by atoms with van der Waals surface area (Å²) in [6, 6.07) is 15.6. The van der Waals surface area contributed by atoms with Crippen molar-refractivity contribution in [3.8, 4) is 0 Å². The molecule has 0 fully saturated rings. The molecule has 0 N–H and O–H groups in total. The molecular weight excluding hydrogens is 617 g/mol. The summed E-state index contributed by atoms with van der Waals surface area (Å²) in [5.41, 5.74) is 13.8. The van der Waals surface area contributed by atoms with Crippen molar-refractivity contribution in [1.29, 1.82) is 0 Å². The van der Waals surface area contributed by atoms with Gasteiger partial charge in [-0.1, -0.05) is 134 Å². The Kier molecular flexibility index (Phi) is 9.74. The zero-order valence-corrected chi connectivity index (χ0v) is 37.0. The number of rotatable bonds is 7. The van der Waals surface area contributed by atoms with Crippen LogP contribution in [0.15, 0.2) is 58.3 Å². The van der Waals surface area contributed by atoms with Gasteiger partial charge in [-0.3, -0.25) is 0 Å². The maximum absolute atomic E-state index is 2.79. The van der Waals surface area contributed by atoms with Gasteiger partial charge in [-0.2, -0.15) is 0 Å². The summed E-state index contributed by atoms with van der Waals surface area (Å²) in [5, 5.41) is 11.4. The second-order valence-corrected chi connectivity index (χ2v) is 36.6. The summed E-state index contributed by atoms with van der Waals surface area (Å²) >= 11 is 0. The zero-order valence-electron chi connectivity index (χ0n) is 33.0. The molecule has 0 nitrogen and oxygen atoms in total. The molecule has 1 aliphatic carbocycles. The van der Waals surface area contributed by atoms with Crippen LogP contribution in [0.3, 0.4) is 0 Å². The molecule has 1 unspecified atom stereocenters. The highest BCUT2D eigenvalue weighted by Gasteiger charge is 2.51. The fraction of sp³-hybridized carbons (Fsp3) is 0.476. The molecule has 0 bridgehead atoms. The van der Waals surface area contributed by atoms with Crippen molar-refractivity contribution >= 4 is 63.4 Å². The third-order valence-electron chi connectivity index (χ3n) is 12.0. The lowest BCUT2D eigenvalue weighted by Crippen LogP contribution is -2.72. The van der Waals surface area contributed by atoms with E-state index in [9.17, 15) is 0 Å². The maximum Gasteiger partial charge on any atom is 0.177 e. The number of hydrogen-bond donors (Lipinski definition) is 0. The second kappa shape index (κ2) is 12.2. The highest BCUT2D eigenvalue weighted by molar-refractivity contribution is 7.17. The number of hydrogen-bond acceptors (Lipinski definition) is 0. The van der Waals surface area contributed by atoms with Gasteiger partial charge in [-0.05, 0) is 123 Å². The highest BCUT2D eigenvalue weighted by Crippen LogP contribution is 2.42. The minimum Gasteiger partial charge on any atom is -0.0656 e. The molecular formula is C42H64Si4. The van der Waals surface area contributed by atoms with E-state index in [-0.39, 0.29) is 0 Å². The molecule has 0 radical (unpaired) electrons. The molecule has 0 amide bonds. The molecule has 4 rings (SSSR count). The van der Waals surface area contributed by atoms with Gasteiger partial charge in [0.25, 0.3) is 0 Å². The Morgan fingerprint density at radius 1 is 0.370 bits per heavy atom. The lowest BCUT2D eigenvalue weighted by Gasteiger charge is -2.43. The summed E-state index contributed by atoms with van der Waals surface area (Å²) in [5.74, 6) is 0.413. The summed E-state index contributed by atoms with van der Waals surface area (Å²) in [6.07, 6.45) is 0. The van der Waals surface area contributed by atoms with Crippen LogP contribution in [0.4, 0.5) is 0 Å². The smallest absolute Gasteiger partial charge is 0.0656 e. The predicted octanol–water partition coefficient (Wildman–Crippen LogP) is 8.48. The van der Waals surface area contributed by atoms with Gasteiger partial charge in [-0.25, -0.2) is 0 Å². The average Bonchev–Trinajstić information content (AvgIpc) is 3.11. The van der Waals surface area contributed by atoms with E-state index in [0.29, 0.717) is 5.92 Å². The van der Waals surface area contributed by atoms with E-state index in [2.05, 4.69) is 165 Å². The maximum atomic E-state index is 2.63. The molecule has 4 heteroatoms. The van der Waals surface area contributed by atoms with E-state index in [1.54, 1.807) is 47.5 Å². The van der Waals surface area contributed by atoms with E-state index in [4.69, 9.17) is 0 Å². The van der Waals surface area contributed by atoms with Crippen LogP contribution in [-0.4, -0.2) is 32.3 Å². The van der Waals surface area contributed by atoms with Gasteiger partial charge in [0.05, 0.1) is 24.2 Å². The third-order valence-corrected chi connectivity index (χ3v) is 24.2. The van der Waals surface area contributed by atoms with Crippen LogP contribution in [0.1, 0.15) is 61.1 Å². The van der Waals surface area contributed by atoms with Gasteiger partial charge in [0.1, 0.15) is 0 Å². The van der Waals surface area contributed by atoms with E-state index < -0.39 is 32.3 Å². The zero-order chi connectivity index (χ0) is 35.1. The molecule has 3 aromatic rings. The normalized spacial score (nSPS) is 16.6. The van der Waals surface area contributed by atoms with E-state index in [0.717, 1.165) is 0 Å². The first-order valence-electron chi connectivity index (χ1n) is 17.6. The van der Waals surface area contributed by atoms with Crippen molar-refractivity contribution in [2.45, 2.75) is 128 Å². The topological polar surface area (TPSA) is 0 Å². The second-order valence-electron chi connectivity index (χ2n) is 17.8. The van der Waals surface area contributed by atoms with Crippen molar-refractivity contribution in [3.63, 3.8) is 0 Å². The van der Waals surface area contributed by atoms with Crippen molar-refractivity contribution < 1.29 is 0 Å². The average molecular weight is 681 g/mol. The third kappa shape index (κ3) is 5.73. The monoisotopic (exact) mass is 680 g/mol. The molecule has 0 heterocycles. The molecule has 0 spiro atoms. The van der Waals surface area contributed by atoms with Gasteiger partial charge in [0.2, 0.25) is 0 Å². The van der Waals surface area contributed by atoms with Gasteiger partial charge in [0, 0.05) is 0 Å². The molecule has 46 heavy (non-hydrogen) atoms. The molecule has 3 aromatic carbocycles.